The third-order valence-corrected chi connectivity index (χ3v) is 7.07. The summed E-state index contributed by atoms with van der Waals surface area (Å²) in [6.07, 6.45) is 7.92. The fourth-order valence-corrected chi connectivity index (χ4v) is 5.06. The Balaban J connectivity index is 1.32. The molecule has 2 aliphatic rings. The van der Waals surface area contributed by atoms with Gasteiger partial charge >= 0.3 is 0 Å². The number of ether oxygens (including phenoxy) is 1. The Kier molecular flexibility index (Phi) is 7.89. The molecule has 2 aromatic rings. The number of piperidine rings is 1. The number of halogens is 1. The van der Waals surface area contributed by atoms with Crippen molar-refractivity contribution in [3.63, 3.8) is 0 Å². The monoisotopic (exact) mass is 442 g/mol. The Morgan fingerprint density at radius 1 is 1.16 bits per heavy atom. The zero-order valence-electron chi connectivity index (χ0n) is 17.9. The molecule has 166 valence electrons. The second-order valence-electron chi connectivity index (χ2n) is 8.54. The molecule has 0 bridgehead atoms. The minimum Gasteiger partial charge on any atom is -0.376 e. The minimum atomic E-state index is -0.129. The Bertz CT molecular complexity index is 856. The summed E-state index contributed by atoms with van der Waals surface area (Å²) in [5.74, 6) is 0.408. The molecule has 6 heteroatoms. The summed E-state index contributed by atoms with van der Waals surface area (Å²) in [5, 5.41) is 2.02. The number of nitrogens with zero attached hydrogens (tertiary/aromatic N) is 2. The lowest BCUT2D eigenvalue weighted by Gasteiger charge is -2.35. The van der Waals surface area contributed by atoms with Gasteiger partial charge in [0, 0.05) is 42.8 Å². The molecule has 2 saturated heterocycles. The molecule has 0 unspecified atom stereocenters. The SMILES string of the molecule is O=C(/C=C/c1cccs1)N(CC1CCN(Cc2ccccc2F)CC1)C[C@H]1CCCO1. The molecular weight excluding hydrogens is 411 g/mol. The van der Waals surface area contributed by atoms with Gasteiger partial charge in [-0.1, -0.05) is 24.3 Å². The molecule has 0 spiro atoms. The second kappa shape index (κ2) is 11.0. The molecule has 1 aromatic heterocycles. The normalized spacial score (nSPS) is 20.5. The van der Waals surface area contributed by atoms with Gasteiger partial charge in [-0.15, -0.1) is 11.3 Å². The molecule has 0 saturated carbocycles. The van der Waals surface area contributed by atoms with Gasteiger partial charge in [0.25, 0.3) is 0 Å². The van der Waals surface area contributed by atoms with Gasteiger partial charge in [-0.25, -0.2) is 4.39 Å². The summed E-state index contributed by atoms with van der Waals surface area (Å²) >= 11 is 1.63. The van der Waals surface area contributed by atoms with Gasteiger partial charge in [-0.2, -0.15) is 0 Å². The van der Waals surface area contributed by atoms with E-state index in [9.17, 15) is 9.18 Å². The molecule has 0 N–H and O–H groups in total. The fourth-order valence-electron chi connectivity index (χ4n) is 4.44. The van der Waals surface area contributed by atoms with E-state index >= 15 is 0 Å². The van der Waals surface area contributed by atoms with E-state index in [1.807, 2.05) is 40.6 Å². The molecule has 1 amide bonds. The first-order valence-corrected chi connectivity index (χ1v) is 12.1. The van der Waals surface area contributed by atoms with Crippen LogP contribution in [0.2, 0.25) is 0 Å². The summed E-state index contributed by atoms with van der Waals surface area (Å²) in [6.45, 7) is 4.76. The lowest BCUT2D eigenvalue weighted by molar-refractivity contribution is -0.128. The quantitative estimate of drug-likeness (QED) is 0.550. The number of thiophene rings is 1. The van der Waals surface area contributed by atoms with Crippen LogP contribution >= 0.6 is 11.3 Å². The zero-order valence-corrected chi connectivity index (χ0v) is 18.7. The highest BCUT2D eigenvalue weighted by Gasteiger charge is 2.26. The number of carbonyl (C=O) groups excluding carboxylic acids is 1. The largest absolute Gasteiger partial charge is 0.376 e. The molecule has 1 aromatic carbocycles. The summed E-state index contributed by atoms with van der Waals surface area (Å²) in [7, 11) is 0. The van der Waals surface area contributed by atoms with E-state index < -0.39 is 0 Å². The average molecular weight is 443 g/mol. The lowest BCUT2D eigenvalue weighted by Crippen LogP contribution is -2.43. The van der Waals surface area contributed by atoms with E-state index in [-0.39, 0.29) is 17.8 Å². The number of hydrogen-bond donors (Lipinski definition) is 0. The first kappa shape index (κ1) is 22.2. The van der Waals surface area contributed by atoms with E-state index in [2.05, 4.69) is 4.90 Å². The van der Waals surface area contributed by atoms with Crippen molar-refractivity contribution in [3.8, 4) is 0 Å². The molecule has 2 fully saturated rings. The summed E-state index contributed by atoms with van der Waals surface area (Å²) in [6, 6.07) is 11.0. The zero-order chi connectivity index (χ0) is 21.5. The van der Waals surface area contributed by atoms with Gasteiger partial charge < -0.3 is 9.64 Å². The predicted octanol–water partition coefficient (Wildman–Crippen LogP) is 4.82. The van der Waals surface area contributed by atoms with Crippen molar-refractivity contribution in [3.05, 3.63) is 64.1 Å². The molecule has 2 aliphatic heterocycles. The Morgan fingerprint density at radius 3 is 2.71 bits per heavy atom. The summed E-state index contributed by atoms with van der Waals surface area (Å²) < 4.78 is 19.8. The first-order chi connectivity index (χ1) is 15.2. The van der Waals surface area contributed by atoms with E-state index in [1.165, 1.54) is 6.07 Å². The van der Waals surface area contributed by atoms with Crippen LogP contribution in [0, 0.1) is 11.7 Å². The van der Waals surface area contributed by atoms with Gasteiger partial charge in [0.15, 0.2) is 0 Å². The van der Waals surface area contributed by atoms with Crippen LogP contribution in [0.15, 0.2) is 47.9 Å². The number of rotatable bonds is 8. The van der Waals surface area contributed by atoms with Crippen molar-refractivity contribution in [2.45, 2.75) is 38.3 Å². The number of amides is 1. The Labute approximate surface area is 188 Å². The number of likely N-dealkylation sites (tertiary alicyclic amines) is 1. The van der Waals surface area contributed by atoms with Crippen molar-refractivity contribution in [2.75, 3.05) is 32.8 Å². The molecule has 4 nitrogen and oxygen atoms in total. The third-order valence-electron chi connectivity index (χ3n) is 6.23. The molecular formula is C25H31FN2O2S. The maximum Gasteiger partial charge on any atom is 0.246 e. The van der Waals surface area contributed by atoms with Crippen LogP contribution < -0.4 is 0 Å². The molecule has 0 radical (unpaired) electrons. The van der Waals surface area contributed by atoms with Gasteiger partial charge in [0.1, 0.15) is 5.82 Å². The Morgan fingerprint density at radius 2 is 2.00 bits per heavy atom. The minimum absolute atomic E-state index is 0.0673. The van der Waals surface area contributed by atoms with Gasteiger partial charge in [-0.05, 0) is 68.3 Å². The van der Waals surface area contributed by atoms with Crippen molar-refractivity contribution >= 4 is 23.3 Å². The summed E-state index contributed by atoms with van der Waals surface area (Å²) in [5.41, 5.74) is 0.759. The van der Waals surface area contributed by atoms with Crippen LogP contribution in [0.5, 0.6) is 0 Å². The fraction of sp³-hybridized carbons (Fsp3) is 0.480. The highest BCUT2D eigenvalue weighted by molar-refractivity contribution is 7.10. The van der Waals surface area contributed by atoms with Crippen molar-refractivity contribution in [1.82, 2.24) is 9.80 Å². The predicted molar refractivity (Wildman–Crippen MR) is 123 cm³/mol. The molecule has 31 heavy (non-hydrogen) atoms. The topological polar surface area (TPSA) is 32.8 Å². The maximum atomic E-state index is 14.0. The standard InChI is InChI=1S/C25H31FN2O2S/c26-24-8-2-1-5-21(24)18-27-13-11-20(12-14-27)17-28(19-22-6-3-15-30-22)25(29)10-9-23-7-4-16-31-23/h1-2,4-5,7-10,16,20,22H,3,6,11-15,17-19H2/b10-9+/t22-/m1/s1. The molecule has 0 aliphatic carbocycles. The van der Waals surface area contributed by atoms with E-state index in [1.54, 1.807) is 23.5 Å². The average Bonchev–Trinajstić information content (AvgIpc) is 3.49. The molecule has 4 rings (SSSR count). The second-order valence-corrected chi connectivity index (χ2v) is 9.52. The number of hydrogen-bond acceptors (Lipinski definition) is 4. The van der Waals surface area contributed by atoms with E-state index in [0.717, 1.165) is 62.4 Å². The smallest absolute Gasteiger partial charge is 0.246 e. The maximum absolute atomic E-state index is 14.0. The molecule has 1 atom stereocenters. The molecule has 3 heterocycles. The van der Waals surface area contributed by atoms with E-state index in [4.69, 9.17) is 4.74 Å². The van der Waals surface area contributed by atoms with E-state index in [0.29, 0.717) is 19.0 Å². The third kappa shape index (κ3) is 6.48. The van der Waals surface area contributed by atoms with Crippen molar-refractivity contribution < 1.29 is 13.9 Å². The number of carbonyl (C=O) groups is 1. The van der Waals surface area contributed by atoms with Crippen LogP contribution in [0.3, 0.4) is 0 Å². The van der Waals surface area contributed by atoms with Crippen LogP contribution in [-0.4, -0.2) is 54.6 Å². The van der Waals surface area contributed by atoms with Crippen LogP contribution in [0.25, 0.3) is 6.08 Å². The highest BCUT2D eigenvalue weighted by atomic mass is 32.1. The van der Waals surface area contributed by atoms with Crippen LogP contribution in [0.4, 0.5) is 4.39 Å². The van der Waals surface area contributed by atoms with Gasteiger partial charge in [-0.3, -0.25) is 9.69 Å². The lowest BCUT2D eigenvalue weighted by atomic mass is 9.95. The Hall–Kier alpha value is -2.02. The van der Waals surface area contributed by atoms with Gasteiger partial charge in [0.05, 0.1) is 6.10 Å². The first-order valence-electron chi connectivity index (χ1n) is 11.3. The van der Waals surface area contributed by atoms with Crippen LogP contribution in [0.1, 0.15) is 36.1 Å². The number of benzene rings is 1. The van der Waals surface area contributed by atoms with Gasteiger partial charge in [0.2, 0.25) is 5.91 Å². The van der Waals surface area contributed by atoms with Crippen molar-refractivity contribution in [2.24, 2.45) is 5.92 Å². The highest BCUT2D eigenvalue weighted by Crippen LogP contribution is 2.23. The van der Waals surface area contributed by atoms with Crippen molar-refractivity contribution in [1.29, 1.82) is 0 Å². The van der Waals surface area contributed by atoms with Crippen LogP contribution in [-0.2, 0) is 16.1 Å². The summed E-state index contributed by atoms with van der Waals surface area (Å²) in [4.78, 5) is 18.4.